The summed E-state index contributed by atoms with van der Waals surface area (Å²) >= 11 is 0. The minimum absolute atomic E-state index is 0.362. The Morgan fingerprint density at radius 3 is 2.79 bits per heavy atom. The maximum atomic E-state index is 5.72. The van der Waals surface area contributed by atoms with Crippen LogP contribution in [0.4, 0.5) is 5.69 Å². The summed E-state index contributed by atoms with van der Waals surface area (Å²) in [5.74, 6) is 0.951. The predicted molar refractivity (Wildman–Crippen MR) is 79.9 cm³/mol. The number of hydrogen-bond donors (Lipinski definition) is 1. The molecule has 1 N–H and O–H groups in total. The van der Waals surface area contributed by atoms with Crippen molar-refractivity contribution in [3.05, 3.63) is 47.5 Å². The number of rotatable bonds is 1. The highest BCUT2D eigenvalue weighted by Crippen LogP contribution is 2.34. The van der Waals surface area contributed by atoms with Crippen LogP contribution in [0, 0.1) is 13.8 Å². The number of nitrogens with one attached hydrogen (secondary N) is 1. The Balaban J connectivity index is 2.06. The minimum atomic E-state index is 0.362. The molecular weight excluding hydrogens is 234 g/mol. The average Bonchev–Trinajstić information content (AvgIpc) is 2.40. The molecule has 0 saturated heterocycles. The molecule has 0 spiro atoms. The first kappa shape index (κ1) is 12.1. The molecule has 0 fully saturated rings. The summed E-state index contributed by atoms with van der Waals surface area (Å²) < 4.78 is 5.72. The molecule has 0 amide bonds. The summed E-state index contributed by atoms with van der Waals surface area (Å²) in [7, 11) is 0. The maximum Gasteiger partial charge on any atom is 0.142 e. The topological polar surface area (TPSA) is 21.3 Å². The van der Waals surface area contributed by atoms with Crippen molar-refractivity contribution in [1.82, 2.24) is 0 Å². The van der Waals surface area contributed by atoms with Gasteiger partial charge in [0.25, 0.3) is 0 Å². The van der Waals surface area contributed by atoms with Crippen LogP contribution in [-0.2, 0) is 0 Å². The number of benzene rings is 2. The second-order valence-electron chi connectivity index (χ2n) is 5.39. The van der Waals surface area contributed by atoms with Crippen molar-refractivity contribution in [1.29, 1.82) is 0 Å². The molecule has 0 radical (unpaired) electrons. The molecule has 0 aromatic heterocycles. The van der Waals surface area contributed by atoms with E-state index in [1.807, 2.05) is 0 Å². The van der Waals surface area contributed by atoms with Gasteiger partial charge in [0.1, 0.15) is 12.4 Å². The summed E-state index contributed by atoms with van der Waals surface area (Å²) in [5.41, 5.74) is 6.22. The molecule has 1 unspecified atom stereocenters. The Morgan fingerprint density at radius 2 is 1.95 bits per heavy atom. The molecule has 3 rings (SSSR count). The van der Waals surface area contributed by atoms with Crippen LogP contribution in [0.15, 0.2) is 36.4 Å². The lowest BCUT2D eigenvalue weighted by Crippen LogP contribution is -2.28. The number of ether oxygens (including phenoxy) is 1. The third-order valence-corrected chi connectivity index (χ3v) is 3.57. The normalized spacial score (nSPS) is 17.3. The zero-order chi connectivity index (χ0) is 13.4. The smallest absolute Gasteiger partial charge is 0.142 e. The van der Waals surface area contributed by atoms with Crippen molar-refractivity contribution in [2.45, 2.75) is 26.8 Å². The third-order valence-electron chi connectivity index (χ3n) is 3.57. The van der Waals surface area contributed by atoms with E-state index in [-0.39, 0.29) is 0 Å². The zero-order valence-electron chi connectivity index (χ0n) is 11.7. The van der Waals surface area contributed by atoms with Gasteiger partial charge in [-0.2, -0.15) is 0 Å². The quantitative estimate of drug-likeness (QED) is 0.823. The number of fused-ring (bicyclic) bond motifs is 1. The highest BCUT2D eigenvalue weighted by molar-refractivity contribution is 5.75. The fourth-order valence-electron chi connectivity index (χ4n) is 2.50. The highest BCUT2D eigenvalue weighted by Gasteiger charge is 2.16. The van der Waals surface area contributed by atoms with Crippen LogP contribution in [-0.4, -0.2) is 12.6 Å². The van der Waals surface area contributed by atoms with Gasteiger partial charge in [0.2, 0.25) is 0 Å². The first-order valence-corrected chi connectivity index (χ1v) is 6.74. The van der Waals surface area contributed by atoms with Crippen LogP contribution in [0.5, 0.6) is 5.75 Å². The Bertz CT molecular complexity index is 619. The first-order valence-electron chi connectivity index (χ1n) is 6.74. The lowest BCUT2D eigenvalue weighted by atomic mass is 9.97. The lowest BCUT2D eigenvalue weighted by Gasteiger charge is -2.25. The number of hydrogen-bond acceptors (Lipinski definition) is 2. The van der Waals surface area contributed by atoms with E-state index in [9.17, 15) is 0 Å². The molecule has 2 nitrogen and oxygen atoms in total. The van der Waals surface area contributed by atoms with Crippen LogP contribution in [0.2, 0.25) is 0 Å². The highest BCUT2D eigenvalue weighted by atomic mass is 16.5. The number of aryl methyl sites for hydroxylation is 2. The van der Waals surface area contributed by atoms with Crippen LogP contribution < -0.4 is 10.1 Å². The van der Waals surface area contributed by atoms with E-state index in [1.54, 1.807) is 0 Å². The molecule has 1 heterocycles. The standard InChI is InChI=1S/C17H19NO/c1-11-4-5-12(2)15(8-11)14-6-7-17-16(9-14)18-13(3)10-19-17/h4-9,13,18H,10H2,1-3H3. The van der Waals surface area contributed by atoms with E-state index in [2.05, 4.69) is 62.5 Å². The Morgan fingerprint density at radius 1 is 1.11 bits per heavy atom. The molecule has 0 bridgehead atoms. The van der Waals surface area contributed by atoms with Gasteiger partial charge in [-0.05, 0) is 49.6 Å². The Hall–Kier alpha value is -1.96. The van der Waals surface area contributed by atoms with E-state index >= 15 is 0 Å². The molecular formula is C17H19NO. The van der Waals surface area contributed by atoms with Gasteiger partial charge in [-0.3, -0.25) is 0 Å². The summed E-state index contributed by atoms with van der Waals surface area (Å²) in [6.07, 6.45) is 0. The summed E-state index contributed by atoms with van der Waals surface area (Å²) in [6.45, 7) is 7.15. The molecule has 0 aliphatic carbocycles. The largest absolute Gasteiger partial charge is 0.489 e. The molecule has 1 aliphatic heterocycles. The third kappa shape index (κ3) is 2.30. The van der Waals surface area contributed by atoms with Crippen molar-refractivity contribution in [2.75, 3.05) is 11.9 Å². The minimum Gasteiger partial charge on any atom is -0.489 e. The van der Waals surface area contributed by atoms with Crippen LogP contribution >= 0.6 is 0 Å². The van der Waals surface area contributed by atoms with E-state index in [1.165, 1.54) is 22.3 Å². The van der Waals surface area contributed by atoms with Gasteiger partial charge in [0.15, 0.2) is 0 Å². The van der Waals surface area contributed by atoms with Gasteiger partial charge in [-0.1, -0.05) is 29.8 Å². The fraction of sp³-hybridized carbons (Fsp3) is 0.294. The lowest BCUT2D eigenvalue weighted by molar-refractivity contribution is 0.292. The second-order valence-corrected chi connectivity index (χ2v) is 5.39. The van der Waals surface area contributed by atoms with Gasteiger partial charge in [-0.15, -0.1) is 0 Å². The van der Waals surface area contributed by atoms with Gasteiger partial charge < -0.3 is 10.1 Å². The molecule has 98 valence electrons. The second kappa shape index (κ2) is 4.61. The summed E-state index contributed by atoms with van der Waals surface area (Å²) in [5, 5.41) is 3.48. The van der Waals surface area contributed by atoms with Crippen LogP contribution in [0.3, 0.4) is 0 Å². The van der Waals surface area contributed by atoms with E-state index in [0.717, 1.165) is 18.0 Å². The van der Waals surface area contributed by atoms with E-state index in [4.69, 9.17) is 4.74 Å². The van der Waals surface area contributed by atoms with Crippen LogP contribution in [0.25, 0.3) is 11.1 Å². The molecule has 2 aromatic rings. The monoisotopic (exact) mass is 253 g/mol. The van der Waals surface area contributed by atoms with Gasteiger partial charge >= 0.3 is 0 Å². The maximum absolute atomic E-state index is 5.72. The van der Waals surface area contributed by atoms with Crippen molar-refractivity contribution >= 4 is 5.69 Å². The van der Waals surface area contributed by atoms with E-state index in [0.29, 0.717) is 6.04 Å². The van der Waals surface area contributed by atoms with Crippen LogP contribution in [0.1, 0.15) is 18.1 Å². The zero-order valence-corrected chi connectivity index (χ0v) is 11.7. The van der Waals surface area contributed by atoms with Crippen molar-refractivity contribution in [3.8, 4) is 16.9 Å². The molecule has 2 aromatic carbocycles. The fourth-order valence-corrected chi connectivity index (χ4v) is 2.50. The predicted octanol–water partition coefficient (Wildman–Crippen LogP) is 4.16. The first-order chi connectivity index (χ1) is 9.13. The Labute approximate surface area is 114 Å². The summed E-state index contributed by atoms with van der Waals surface area (Å²) in [6, 6.07) is 13.3. The average molecular weight is 253 g/mol. The molecule has 1 aliphatic rings. The molecule has 1 atom stereocenters. The van der Waals surface area contributed by atoms with Gasteiger partial charge in [0.05, 0.1) is 11.7 Å². The summed E-state index contributed by atoms with van der Waals surface area (Å²) in [4.78, 5) is 0. The van der Waals surface area contributed by atoms with Gasteiger partial charge in [0, 0.05) is 0 Å². The molecule has 0 saturated carbocycles. The molecule has 19 heavy (non-hydrogen) atoms. The van der Waals surface area contributed by atoms with E-state index < -0.39 is 0 Å². The van der Waals surface area contributed by atoms with Crippen molar-refractivity contribution in [2.24, 2.45) is 0 Å². The van der Waals surface area contributed by atoms with Gasteiger partial charge in [-0.25, -0.2) is 0 Å². The molecule has 2 heteroatoms. The van der Waals surface area contributed by atoms with Crippen molar-refractivity contribution in [3.63, 3.8) is 0 Å². The SMILES string of the molecule is Cc1ccc(C)c(-c2ccc3c(c2)NC(C)CO3)c1. The van der Waals surface area contributed by atoms with Crippen molar-refractivity contribution < 1.29 is 4.74 Å². The number of anilines is 1. The Kier molecular flexibility index (Phi) is 2.94.